The molecule has 0 amide bonds. The average molecular weight is 234 g/mol. The first-order chi connectivity index (χ1) is 8.19. The van der Waals surface area contributed by atoms with Crippen molar-refractivity contribution in [1.82, 2.24) is 4.98 Å². The third-order valence-electron chi connectivity index (χ3n) is 3.76. The SMILES string of the molecule is COc1ccc(N[C@H]2C[C@H](C)CC[C@H]2C)nc1. The summed E-state index contributed by atoms with van der Waals surface area (Å²) in [7, 11) is 1.66. The van der Waals surface area contributed by atoms with E-state index in [1.165, 1.54) is 19.3 Å². The van der Waals surface area contributed by atoms with Gasteiger partial charge in [-0.25, -0.2) is 4.98 Å². The van der Waals surface area contributed by atoms with Crippen LogP contribution < -0.4 is 10.1 Å². The second-order valence-corrected chi connectivity index (χ2v) is 5.23. The van der Waals surface area contributed by atoms with E-state index in [9.17, 15) is 0 Å². The molecule has 3 heteroatoms. The molecule has 3 atom stereocenters. The number of rotatable bonds is 3. The predicted molar refractivity (Wildman–Crippen MR) is 70.4 cm³/mol. The maximum absolute atomic E-state index is 5.11. The number of aromatic nitrogens is 1. The lowest BCUT2D eigenvalue weighted by Crippen LogP contribution is -2.33. The lowest BCUT2D eigenvalue weighted by molar-refractivity contribution is 0.280. The van der Waals surface area contributed by atoms with Gasteiger partial charge in [0.2, 0.25) is 0 Å². The van der Waals surface area contributed by atoms with Crippen LogP contribution in [0.3, 0.4) is 0 Å². The molecule has 94 valence electrons. The molecule has 3 nitrogen and oxygen atoms in total. The first-order valence-corrected chi connectivity index (χ1v) is 6.45. The Hall–Kier alpha value is -1.25. The summed E-state index contributed by atoms with van der Waals surface area (Å²) in [5, 5.41) is 3.55. The molecule has 0 bridgehead atoms. The molecule has 0 spiro atoms. The molecule has 17 heavy (non-hydrogen) atoms. The van der Waals surface area contributed by atoms with E-state index in [4.69, 9.17) is 4.74 Å². The minimum absolute atomic E-state index is 0.555. The van der Waals surface area contributed by atoms with Gasteiger partial charge in [-0.05, 0) is 36.8 Å². The molecule has 0 saturated heterocycles. The summed E-state index contributed by atoms with van der Waals surface area (Å²) < 4.78 is 5.11. The van der Waals surface area contributed by atoms with Crippen LogP contribution in [0.1, 0.15) is 33.1 Å². The quantitative estimate of drug-likeness (QED) is 0.871. The number of nitrogens with zero attached hydrogens (tertiary/aromatic N) is 1. The van der Waals surface area contributed by atoms with Gasteiger partial charge in [-0.1, -0.05) is 20.3 Å². The molecule has 0 unspecified atom stereocenters. The zero-order chi connectivity index (χ0) is 12.3. The maximum Gasteiger partial charge on any atom is 0.137 e. The Kier molecular flexibility index (Phi) is 3.87. The van der Waals surface area contributed by atoms with Crippen LogP contribution in [-0.2, 0) is 0 Å². The molecule has 0 radical (unpaired) electrons. The third-order valence-corrected chi connectivity index (χ3v) is 3.76. The van der Waals surface area contributed by atoms with Gasteiger partial charge >= 0.3 is 0 Å². The maximum atomic E-state index is 5.11. The molecular weight excluding hydrogens is 212 g/mol. The van der Waals surface area contributed by atoms with E-state index in [-0.39, 0.29) is 0 Å². The molecule has 1 aromatic rings. The van der Waals surface area contributed by atoms with Crippen molar-refractivity contribution < 1.29 is 4.74 Å². The van der Waals surface area contributed by atoms with Crippen molar-refractivity contribution >= 4 is 5.82 Å². The molecule has 1 fully saturated rings. The van der Waals surface area contributed by atoms with Crippen LogP contribution in [0.15, 0.2) is 18.3 Å². The highest BCUT2D eigenvalue weighted by Gasteiger charge is 2.25. The van der Waals surface area contributed by atoms with E-state index in [1.54, 1.807) is 13.3 Å². The Morgan fingerprint density at radius 2 is 2.12 bits per heavy atom. The van der Waals surface area contributed by atoms with Crippen molar-refractivity contribution in [3.63, 3.8) is 0 Å². The minimum atomic E-state index is 0.555. The minimum Gasteiger partial charge on any atom is -0.495 e. The van der Waals surface area contributed by atoms with E-state index < -0.39 is 0 Å². The van der Waals surface area contributed by atoms with Gasteiger partial charge in [0.25, 0.3) is 0 Å². The topological polar surface area (TPSA) is 34.1 Å². The van der Waals surface area contributed by atoms with E-state index in [2.05, 4.69) is 24.1 Å². The van der Waals surface area contributed by atoms with Gasteiger partial charge in [-0.3, -0.25) is 0 Å². The Morgan fingerprint density at radius 1 is 1.29 bits per heavy atom. The van der Waals surface area contributed by atoms with Gasteiger partial charge in [-0.15, -0.1) is 0 Å². The average Bonchev–Trinajstić information content (AvgIpc) is 2.35. The van der Waals surface area contributed by atoms with Crippen LogP contribution in [0.2, 0.25) is 0 Å². The Bertz CT molecular complexity index is 350. The van der Waals surface area contributed by atoms with Crippen molar-refractivity contribution in [2.75, 3.05) is 12.4 Å². The Morgan fingerprint density at radius 3 is 2.76 bits per heavy atom. The van der Waals surface area contributed by atoms with E-state index in [1.807, 2.05) is 12.1 Å². The van der Waals surface area contributed by atoms with E-state index >= 15 is 0 Å². The predicted octanol–water partition coefficient (Wildman–Crippen LogP) is 3.33. The van der Waals surface area contributed by atoms with Crippen molar-refractivity contribution in [2.45, 2.75) is 39.2 Å². The lowest BCUT2D eigenvalue weighted by Gasteiger charge is -2.33. The zero-order valence-electron chi connectivity index (χ0n) is 10.9. The Labute approximate surface area is 104 Å². The molecule has 0 aromatic carbocycles. The van der Waals surface area contributed by atoms with Gasteiger partial charge in [0.05, 0.1) is 13.3 Å². The van der Waals surface area contributed by atoms with Crippen molar-refractivity contribution in [3.05, 3.63) is 18.3 Å². The summed E-state index contributed by atoms with van der Waals surface area (Å²) in [4.78, 5) is 4.37. The highest BCUT2D eigenvalue weighted by molar-refractivity contribution is 5.38. The molecule has 2 rings (SSSR count). The first-order valence-electron chi connectivity index (χ1n) is 6.45. The summed E-state index contributed by atoms with van der Waals surface area (Å²) in [6, 6.07) is 4.50. The number of anilines is 1. The third kappa shape index (κ3) is 3.11. The van der Waals surface area contributed by atoms with Crippen LogP contribution in [-0.4, -0.2) is 18.1 Å². The van der Waals surface area contributed by atoms with Crippen molar-refractivity contribution in [1.29, 1.82) is 0 Å². The lowest BCUT2D eigenvalue weighted by atomic mass is 9.80. The molecule has 1 aliphatic carbocycles. The summed E-state index contributed by atoms with van der Waals surface area (Å²) in [6.45, 7) is 4.66. The first kappa shape index (κ1) is 12.2. The fraction of sp³-hybridized carbons (Fsp3) is 0.643. The van der Waals surface area contributed by atoms with Crippen LogP contribution in [0, 0.1) is 11.8 Å². The van der Waals surface area contributed by atoms with Gasteiger partial charge in [0.1, 0.15) is 11.6 Å². The summed E-state index contributed by atoms with van der Waals surface area (Å²) in [5.41, 5.74) is 0. The Balaban J connectivity index is 1.98. The number of ether oxygens (including phenoxy) is 1. The summed E-state index contributed by atoms with van der Waals surface area (Å²) in [5.74, 6) is 3.31. The van der Waals surface area contributed by atoms with Crippen molar-refractivity contribution in [3.8, 4) is 5.75 Å². The van der Waals surface area contributed by atoms with Crippen LogP contribution >= 0.6 is 0 Å². The van der Waals surface area contributed by atoms with Gasteiger partial charge in [0, 0.05) is 6.04 Å². The van der Waals surface area contributed by atoms with E-state index in [0.717, 1.165) is 23.4 Å². The van der Waals surface area contributed by atoms with Gasteiger partial charge in [0.15, 0.2) is 0 Å². The summed E-state index contributed by atoms with van der Waals surface area (Å²) >= 11 is 0. The van der Waals surface area contributed by atoms with Crippen molar-refractivity contribution in [2.24, 2.45) is 11.8 Å². The molecule has 1 aromatic heterocycles. The largest absolute Gasteiger partial charge is 0.495 e. The summed E-state index contributed by atoms with van der Waals surface area (Å²) in [6.07, 6.45) is 5.68. The normalized spacial score (nSPS) is 28.8. The molecule has 1 aliphatic rings. The molecule has 0 aliphatic heterocycles. The fourth-order valence-corrected chi connectivity index (χ4v) is 2.51. The second-order valence-electron chi connectivity index (χ2n) is 5.23. The number of nitrogens with one attached hydrogen (secondary N) is 1. The number of hydrogen-bond acceptors (Lipinski definition) is 3. The van der Waals surface area contributed by atoms with E-state index in [0.29, 0.717) is 6.04 Å². The standard InChI is InChI=1S/C14H22N2O/c1-10-4-5-11(2)13(8-10)16-14-7-6-12(17-3)9-15-14/h6-7,9-11,13H,4-5,8H2,1-3H3,(H,15,16)/t10-,11-,13+/m1/s1. The molecule has 1 heterocycles. The number of methoxy groups -OCH3 is 1. The fourth-order valence-electron chi connectivity index (χ4n) is 2.51. The smallest absolute Gasteiger partial charge is 0.137 e. The van der Waals surface area contributed by atoms with Crippen LogP contribution in [0.4, 0.5) is 5.82 Å². The van der Waals surface area contributed by atoms with Crippen LogP contribution in [0.25, 0.3) is 0 Å². The van der Waals surface area contributed by atoms with Gasteiger partial charge < -0.3 is 10.1 Å². The van der Waals surface area contributed by atoms with Gasteiger partial charge in [-0.2, -0.15) is 0 Å². The molecule has 1 saturated carbocycles. The number of hydrogen-bond donors (Lipinski definition) is 1. The highest BCUT2D eigenvalue weighted by atomic mass is 16.5. The zero-order valence-corrected chi connectivity index (χ0v) is 10.9. The molecule has 1 N–H and O–H groups in total. The van der Waals surface area contributed by atoms with Crippen LogP contribution in [0.5, 0.6) is 5.75 Å². The monoisotopic (exact) mass is 234 g/mol. The second kappa shape index (κ2) is 5.39. The highest BCUT2D eigenvalue weighted by Crippen LogP contribution is 2.30. The number of pyridine rings is 1. The molecular formula is C14H22N2O.